The highest BCUT2D eigenvalue weighted by atomic mass is 32.2. The van der Waals surface area contributed by atoms with Crippen molar-refractivity contribution in [3.8, 4) is 5.75 Å². The van der Waals surface area contributed by atoms with Gasteiger partial charge in [-0.1, -0.05) is 6.07 Å². The molecule has 0 bridgehead atoms. The number of halogens is 1. The van der Waals surface area contributed by atoms with Gasteiger partial charge in [-0.05, 0) is 38.2 Å². The van der Waals surface area contributed by atoms with Crippen molar-refractivity contribution >= 4 is 36.8 Å². The fraction of sp³-hybridized carbons (Fsp3) is 0.500. The Balaban J connectivity index is 2.08. The van der Waals surface area contributed by atoms with Crippen molar-refractivity contribution in [2.45, 2.75) is 38.6 Å². The average Bonchev–Trinajstić information content (AvgIpc) is 2.62. The predicted molar refractivity (Wildman–Crippen MR) is 103 cm³/mol. The molecule has 1 aliphatic heterocycles. The summed E-state index contributed by atoms with van der Waals surface area (Å²) >= 11 is 1.38. The van der Waals surface area contributed by atoms with Gasteiger partial charge in [0.2, 0.25) is 6.79 Å². The summed E-state index contributed by atoms with van der Waals surface area (Å²) in [7, 11) is -1.38. The molecule has 0 saturated carbocycles. The Hall–Kier alpha value is -2.27. The highest BCUT2D eigenvalue weighted by Gasteiger charge is 2.39. The Morgan fingerprint density at radius 1 is 1.34 bits per heavy atom. The maximum Gasteiger partial charge on any atom is 0.526 e. The number of thioether (sulfide) groups is 1. The van der Waals surface area contributed by atoms with E-state index < -0.39 is 49.3 Å². The van der Waals surface area contributed by atoms with Crippen molar-refractivity contribution in [3.05, 3.63) is 29.1 Å². The lowest BCUT2D eigenvalue weighted by Gasteiger charge is -2.28. The zero-order valence-corrected chi connectivity index (χ0v) is 17.1. The van der Waals surface area contributed by atoms with E-state index in [1.165, 1.54) is 17.8 Å². The van der Waals surface area contributed by atoms with E-state index in [9.17, 15) is 23.8 Å². The molecule has 0 fully saturated rings. The van der Waals surface area contributed by atoms with Gasteiger partial charge >= 0.3 is 19.2 Å². The maximum absolute atomic E-state index is 14.3. The van der Waals surface area contributed by atoms with E-state index in [-0.39, 0.29) is 24.4 Å². The number of esters is 1. The molecule has 1 aromatic rings. The number of ether oxygens (including phenoxy) is 3. The van der Waals surface area contributed by atoms with Crippen LogP contribution >= 0.6 is 11.8 Å². The van der Waals surface area contributed by atoms with Gasteiger partial charge in [0.05, 0.1) is 11.9 Å². The molecule has 158 valence electrons. The number of fused-ring (bicyclic) bond motifs is 1. The van der Waals surface area contributed by atoms with Crippen LogP contribution in [0.1, 0.15) is 36.2 Å². The molecular formula is C18H22BFO8S. The van der Waals surface area contributed by atoms with Crippen LogP contribution in [0.2, 0.25) is 5.82 Å². The number of hydrogen-bond donors (Lipinski definition) is 1. The van der Waals surface area contributed by atoms with Crippen LogP contribution in [0.3, 0.4) is 0 Å². The first kappa shape index (κ1) is 23.0. The summed E-state index contributed by atoms with van der Waals surface area (Å²) in [5, 5.41) is 10.2. The van der Waals surface area contributed by atoms with Gasteiger partial charge in [-0.2, -0.15) is 11.8 Å². The molecule has 1 atom stereocenters. The van der Waals surface area contributed by atoms with E-state index in [2.05, 4.69) is 4.74 Å². The number of carbonyl (C=O) groups excluding carboxylic acids is 3. The molecule has 0 saturated heterocycles. The van der Waals surface area contributed by atoms with E-state index >= 15 is 0 Å². The molecule has 0 spiro atoms. The molecule has 1 N–H and O–H groups in total. The summed E-state index contributed by atoms with van der Waals surface area (Å²) in [6, 6.07) is 2.50. The zero-order valence-electron chi connectivity index (χ0n) is 16.3. The third kappa shape index (κ3) is 6.36. The van der Waals surface area contributed by atoms with Crippen molar-refractivity contribution in [1.82, 2.24) is 0 Å². The standard InChI is InChI=1S/C18H22BFO8S/c1-10(2)27-18(23)26-9-25-17(22)15-14(20)5-4-11-6-12(7-13(21)8-29-3)19(24)28-16(11)15/h4-5,10,12,24H,6-9H2,1-3H3/t12-/m1/s1. The first-order valence-corrected chi connectivity index (χ1v) is 10.3. The maximum atomic E-state index is 14.3. The van der Waals surface area contributed by atoms with Gasteiger partial charge in [0.1, 0.15) is 22.9 Å². The Bertz CT molecular complexity index is 772. The SMILES string of the molecule is CSCC(=O)C[C@H]1Cc2ccc(F)c(C(=O)OCOC(=O)OC(C)C)c2OB1O. The van der Waals surface area contributed by atoms with Crippen LogP contribution in [-0.2, 0) is 25.4 Å². The molecule has 0 unspecified atom stereocenters. The topological polar surface area (TPSA) is 108 Å². The van der Waals surface area contributed by atoms with Crippen LogP contribution in [0, 0.1) is 5.82 Å². The highest BCUT2D eigenvalue weighted by molar-refractivity contribution is 7.99. The van der Waals surface area contributed by atoms with Crippen molar-refractivity contribution in [3.63, 3.8) is 0 Å². The molecule has 1 heterocycles. The summed E-state index contributed by atoms with van der Waals surface area (Å²) in [6.45, 7) is 2.45. The smallest absolute Gasteiger partial charge is 0.526 e. The Kier molecular flexibility index (Phi) is 8.33. The van der Waals surface area contributed by atoms with Crippen LogP contribution in [0.15, 0.2) is 12.1 Å². The largest absolute Gasteiger partial charge is 0.535 e. The molecule has 0 aliphatic carbocycles. The van der Waals surface area contributed by atoms with Gasteiger partial charge in [-0.25, -0.2) is 14.0 Å². The minimum Gasteiger partial charge on any atom is -0.535 e. The molecule has 11 heteroatoms. The Morgan fingerprint density at radius 2 is 2.07 bits per heavy atom. The van der Waals surface area contributed by atoms with E-state index in [4.69, 9.17) is 14.1 Å². The molecule has 1 aliphatic rings. The lowest BCUT2D eigenvalue weighted by atomic mass is 9.64. The van der Waals surface area contributed by atoms with Gasteiger partial charge in [0, 0.05) is 12.2 Å². The lowest BCUT2D eigenvalue weighted by Crippen LogP contribution is -2.36. The minimum absolute atomic E-state index is 0.0409. The van der Waals surface area contributed by atoms with Crippen LogP contribution in [0.4, 0.5) is 9.18 Å². The van der Waals surface area contributed by atoms with Gasteiger partial charge in [-0.3, -0.25) is 4.79 Å². The molecule has 0 radical (unpaired) electrons. The van der Waals surface area contributed by atoms with Crippen LogP contribution < -0.4 is 4.65 Å². The number of carbonyl (C=O) groups is 3. The summed E-state index contributed by atoms with van der Waals surface area (Å²) in [4.78, 5) is 35.4. The van der Waals surface area contributed by atoms with Crippen molar-refractivity contribution in [1.29, 1.82) is 0 Å². The van der Waals surface area contributed by atoms with Crippen molar-refractivity contribution in [2.24, 2.45) is 0 Å². The van der Waals surface area contributed by atoms with Crippen LogP contribution in [0.25, 0.3) is 0 Å². The quantitative estimate of drug-likeness (QED) is 0.380. The second kappa shape index (κ2) is 10.5. The number of Topliss-reactive ketones (excluding diaryl/α,β-unsaturated/α-hetero) is 1. The third-order valence-corrected chi connectivity index (χ3v) is 4.62. The normalized spacial score (nSPS) is 15.4. The van der Waals surface area contributed by atoms with Gasteiger partial charge in [0.25, 0.3) is 0 Å². The zero-order chi connectivity index (χ0) is 21.6. The molecule has 29 heavy (non-hydrogen) atoms. The molecule has 0 amide bonds. The van der Waals surface area contributed by atoms with Crippen molar-refractivity contribution < 1.29 is 42.7 Å². The van der Waals surface area contributed by atoms with Gasteiger partial charge in [-0.15, -0.1) is 0 Å². The number of rotatable bonds is 8. The third-order valence-electron chi connectivity index (χ3n) is 4.01. The second-order valence-electron chi connectivity index (χ2n) is 6.67. The minimum atomic E-state index is -1.38. The Labute approximate surface area is 172 Å². The fourth-order valence-corrected chi connectivity index (χ4v) is 3.24. The first-order chi connectivity index (χ1) is 13.7. The highest BCUT2D eigenvalue weighted by Crippen LogP contribution is 2.37. The van der Waals surface area contributed by atoms with Gasteiger partial charge < -0.3 is 23.9 Å². The Morgan fingerprint density at radius 3 is 2.72 bits per heavy atom. The van der Waals surface area contributed by atoms with Crippen LogP contribution in [0.5, 0.6) is 5.75 Å². The second-order valence-corrected chi connectivity index (χ2v) is 7.54. The monoisotopic (exact) mass is 428 g/mol. The lowest BCUT2D eigenvalue weighted by molar-refractivity contribution is -0.116. The molecule has 1 aromatic carbocycles. The number of hydrogen-bond acceptors (Lipinski definition) is 9. The molecule has 2 rings (SSSR count). The van der Waals surface area contributed by atoms with E-state index in [0.717, 1.165) is 6.07 Å². The fourth-order valence-electron chi connectivity index (χ4n) is 2.80. The van der Waals surface area contributed by atoms with Gasteiger partial charge in [0.15, 0.2) is 0 Å². The van der Waals surface area contributed by atoms with Crippen molar-refractivity contribution in [2.75, 3.05) is 18.8 Å². The predicted octanol–water partition coefficient (Wildman–Crippen LogP) is 2.61. The summed E-state index contributed by atoms with van der Waals surface area (Å²) in [6.07, 6.45) is 0.683. The molecular weight excluding hydrogens is 406 g/mol. The number of benzene rings is 1. The summed E-state index contributed by atoms with van der Waals surface area (Å²) < 4.78 is 33.7. The summed E-state index contributed by atoms with van der Waals surface area (Å²) in [5.41, 5.74) is -0.0537. The molecule has 0 aromatic heterocycles. The van der Waals surface area contributed by atoms with E-state index in [1.54, 1.807) is 20.1 Å². The summed E-state index contributed by atoms with van der Waals surface area (Å²) in [5.74, 6) is -2.42. The first-order valence-electron chi connectivity index (χ1n) is 8.90. The van der Waals surface area contributed by atoms with E-state index in [1.807, 2.05) is 0 Å². The van der Waals surface area contributed by atoms with Crippen LogP contribution in [-0.4, -0.2) is 55.0 Å². The molecule has 8 nitrogen and oxygen atoms in total. The average molecular weight is 428 g/mol. The number of ketones is 1. The van der Waals surface area contributed by atoms with E-state index in [0.29, 0.717) is 11.3 Å².